The molecule has 0 saturated heterocycles. The number of hydrogen-bond acceptors (Lipinski definition) is 3. The molecule has 0 spiro atoms. The third-order valence-corrected chi connectivity index (χ3v) is 16.9. The van der Waals surface area contributed by atoms with Crippen molar-refractivity contribution in [1.82, 2.24) is 0 Å². The fourth-order valence-corrected chi connectivity index (χ4v) is 13.4. The van der Waals surface area contributed by atoms with Gasteiger partial charge in [0.15, 0.2) is 0 Å². The van der Waals surface area contributed by atoms with Crippen molar-refractivity contribution in [3.63, 3.8) is 0 Å². The van der Waals surface area contributed by atoms with Gasteiger partial charge < -0.3 is 4.90 Å². The van der Waals surface area contributed by atoms with E-state index in [4.69, 9.17) is 0 Å². The number of fused-ring (bicyclic) bond motifs is 7. The second-order valence-corrected chi connectivity index (χ2v) is 20.9. The zero-order chi connectivity index (χ0) is 48.2. The highest BCUT2D eigenvalue weighted by Crippen LogP contribution is 2.46. The van der Waals surface area contributed by atoms with Crippen LogP contribution in [0.25, 0.3) is 118 Å². The van der Waals surface area contributed by atoms with Gasteiger partial charge in [-0.1, -0.05) is 212 Å². The highest BCUT2D eigenvalue weighted by molar-refractivity contribution is 7.26. The molecule has 0 aliphatic carbocycles. The standard InChI is InChI=1S/C70H45NS2/c1-3-15-46(16-4-1)52-43-53(47-17-5-2-6-18-47)45-54(44-52)48-29-31-49(32-30-48)57-41-42-66(61-20-8-7-19-60(57)61)71(55-37-33-50(34-38-55)58-23-13-25-64-62-21-9-11-27-67(62)72-69(58)64)56-39-35-51(36-40-56)59-24-14-26-65-63-22-10-12-28-68(63)73-70(59)65/h1-45H. The lowest BCUT2D eigenvalue weighted by molar-refractivity contribution is 1.30. The Bertz CT molecular complexity index is 4120. The van der Waals surface area contributed by atoms with Crippen LogP contribution in [0.3, 0.4) is 0 Å². The molecule has 14 aromatic rings. The van der Waals surface area contributed by atoms with Gasteiger partial charge in [0.1, 0.15) is 0 Å². The summed E-state index contributed by atoms with van der Waals surface area (Å²) >= 11 is 3.76. The van der Waals surface area contributed by atoms with E-state index in [1.807, 2.05) is 22.7 Å². The molecule has 0 bridgehead atoms. The van der Waals surface area contributed by atoms with Crippen molar-refractivity contribution in [2.45, 2.75) is 0 Å². The van der Waals surface area contributed by atoms with Crippen molar-refractivity contribution in [3.05, 3.63) is 273 Å². The average molecular weight is 964 g/mol. The monoisotopic (exact) mass is 963 g/mol. The van der Waals surface area contributed by atoms with Gasteiger partial charge in [-0.3, -0.25) is 0 Å². The molecule has 3 heteroatoms. The summed E-state index contributed by atoms with van der Waals surface area (Å²) in [5.74, 6) is 0. The Morgan fingerprint density at radius 1 is 0.219 bits per heavy atom. The lowest BCUT2D eigenvalue weighted by atomic mass is 9.92. The van der Waals surface area contributed by atoms with E-state index in [-0.39, 0.29) is 0 Å². The highest BCUT2D eigenvalue weighted by atomic mass is 32.1. The third kappa shape index (κ3) is 7.69. The van der Waals surface area contributed by atoms with Crippen molar-refractivity contribution >= 4 is 90.9 Å². The lowest BCUT2D eigenvalue weighted by Crippen LogP contribution is -2.10. The highest BCUT2D eigenvalue weighted by Gasteiger charge is 2.20. The van der Waals surface area contributed by atoms with Crippen LogP contribution in [0.2, 0.25) is 0 Å². The molecule has 0 atom stereocenters. The smallest absolute Gasteiger partial charge is 0.0540 e. The summed E-state index contributed by atoms with van der Waals surface area (Å²) < 4.78 is 5.28. The summed E-state index contributed by atoms with van der Waals surface area (Å²) in [4.78, 5) is 2.44. The van der Waals surface area contributed by atoms with Crippen LogP contribution in [0, 0.1) is 0 Å². The molecule has 12 aromatic carbocycles. The summed E-state index contributed by atoms with van der Waals surface area (Å²) in [7, 11) is 0. The molecule has 0 unspecified atom stereocenters. The Kier molecular flexibility index (Phi) is 10.6. The molecule has 0 aliphatic heterocycles. The normalized spacial score (nSPS) is 11.6. The predicted octanol–water partition coefficient (Wildman–Crippen LogP) is 21.0. The molecule has 0 fully saturated rings. The van der Waals surface area contributed by atoms with Crippen LogP contribution < -0.4 is 4.90 Å². The molecular weight excluding hydrogens is 919 g/mol. The van der Waals surface area contributed by atoms with E-state index in [2.05, 4.69) is 278 Å². The van der Waals surface area contributed by atoms with Crippen LogP contribution in [-0.2, 0) is 0 Å². The maximum atomic E-state index is 2.44. The number of anilines is 3. The quantitative estimate of drug-likeness (QED) is 0.139. The van der Waals surface area contributed by atoms with Crippen LogP contribution in [0.4, 0.5) is 17.1 Å². The van der Waals surface area contributed by atoms with Gasteiger partial charge in [0.2, 0.25) is 0 Å². The van der Waals surface area contributed by atoms with E-state index >= 15 is 0 Å². The van der Waals surface area contributed by atoms with Crippen LogP contribution >= 0.6 is 22.7 Å². The number of hydrogen-bond donors (Lipinski definition) is 0. The van der Waals surface area contributed by atoms with Gasteiger partial charge in [0.05, 0.1) is 5.69 Å². The zero-order valence-corrected chi connectivity index (χ0v) is 41.4. The Morgan fingerprint density at radius 3 is 1.08 bits per heavy atom. The average Bonchev–Trinajstić information content (AvgIpc) is 4.05. The predicted molar refractivity (Wildman–Crippen MR) is 317 cm³/mol. The number of rotatable bonds is 9. The van der Waals surface area contributed by atoms with Gasteiger partial charge >= 0.3 is 0 Å². The van der Waals surface area contributed by atoms with Crippen LogP contribution in [0.1, 0.15) is 0 Å². The van der Waals surface area contributed by atoms with E-state index in [1.165, 1.54) is 118 Å². The molecule has 342 valence electrons. The topological polar surface area (TPSA) is 3.24 Å². The second-order valence-electron chi connectivity index (χ2n) is 18.8. The van der Waals surface area contributed by atoms with Crippen molar-refractivity contribution in [2.24, 2.45) is 0 Å². The molecule has 1 nitrogen and oxygen atoms in total. The molecule has 0 saturated carbocycles. The van der Waals surface area contributed by atoms with Crippen LogP contribution in [0.15, 0.2) is 273 Å². The first-order valence-corrected chi connectivity index (χ1v) is 26.5. The van der Waals surface area contributed by atoms with Gasteiger partial charge in [-0.05, 0) is 133 Å². The number of benzene rings is 12. The number of nitrogens with zero attached hydrogens (tertiary/aromatic N) is 1. The maximum absolute atomic E-state index is 2.44. The zero-order valence-electron chi connectivity index (χ0n) is 39.7. The summed E-state index contributed by atoms with van der Waals surface area (Å²) in [6.07, 6.45) is 0. The number of thiophene rings is 2. The van der Waals surface area contributed by atoms with Crippen molar-refractivity contribution in [2.75, 3.05) is 4.90 Å². The van der Waals surface area contributed by atoms with Gasteiger partial charge in [-0.25, -0.2) is 0 Å². The fraction of sp³-hybridized carbons (Fsp3) is 0. The van der Waals surface area contributed by atoms with Crippen LogP contribution in [0.5, 0.6) is 0 Å². The first kappa shape index (κ1) is 43.0. The maximum Gasteiger partial charge on any atom is 0.0540 e. The van der Waals surface area contributed by atoms with Gasteiger partial charge in [-0.15, -0.1) is 22.7 Å². The van der Waals surface area contributed by atoms with Gasteiger partial charge in [0, 0.05) is 57.1 Å². The lowest BCUT2D eigenvalue weighted by Gasteiger charge is -2.28. The largest absolute Gasteiger partial charge is 0.310 e. The van der Waals surface area contributed by atoms with Gasteiger partial charge in [-0.2, -0.15) is 0 Å². The van der Waals surface area contributed by atoms with E-state index in [0.29, 0.717) is 0 Å². The summed E-state index contributed by atoms with van der Waals surface area (Å²) in [5, 5.41) is 7.64. The molecule has 0 N–H and O–H groups in total. The molecule has 0 aliphatic rings. The molecule has 14 rings (SSSR count). The second kappa shape index (κ2) is 18.1. The van der Waals surface area contributed by atoms with E-state index in [0.717, 1.165) is 17.1 Å². The Hall–Kier alpha value is -8.86. The molecule has 2 heterocycles. The van der Waals surface area contributed by atoms with Crippen LogP contribution in [-0.4, -0.2) is 0 Å². The molecule has 0 amide bonds. The van der Waals surface area contributed by atoms with Crippen molar-refractivity contribution in [1.29, 1.82) is 0 Å². The Balaban J connectivity index is 0.869. The van der Waals surface area contributed by atoms with Gasteiger partial charge in [0.25, 0.3) is 0 Å². The first-order valence-electron chi connectivity index (χ1n) is 24.9. The Labute approximate surface area is 432 Å². The molecule has 2 aromatic heterocycles. The minimum atomic E-state index is 1.10. The summed E-state index contributed by atoms with van der Waals surface area (Å²) in [6, 6.07) is 100. The third-order valence-electron chi connectivity index (χ3n) is 14.5. The fourth-order valence-electron chi connectivity index (χ4n) is 10.9. The van der Waals surface area contributed by atoms with E-state index < -0.39 is 0 Å². The van der Waals surface area contributed by atoms with E-state index in [1.54, 1.807) is 0 Å². The van der Waals surface area contributed by atoms with E-state index in [9.17, 15) is 0 Å². The minimum absolute atomic E-state index is 1.10. The molecule has 73 heavy (non-hydrogen) atoms. The minimum Gasteiger partial charge on any atom is -0.310 e. The molecule has 0 radical (unpaired) electrons. The van der Waals surface area contributed by atoms with Crippen molar-refractivity contribution in [3.8, 4) is 66.8 Å². The van der Waals surface area contributed by atoms with Crippen molar-refractivity contribution < 1.29 is 0 Å². The first-order chi connectivity index (χ1) is 36.2. The summed E-state index contributed by atoms with van der Waals surface area (Å²) in [6.45, 7) is 0. The molecular formula is C70H45NS2. The Morgan fingerprint density at radius 2 is 0.589 bits per heavy atom. The SMILES string of the molecule is c1ccc(-c2cc(-c3ccccc3)cc(-c3ccc(-c4ccc(N(c5ccc(-c6cccc7c6sc6ccccc67)cc5)c5ccc(-c6cccc7c6sc6ccccc67)cc5)c5ccccc45)cc3)c2)cc1. The summed E-state index contributed by atoms with van der Waals surface area (Å²) in [5.41, 5.74) is 17.9.